The molecule has 0 aliphatic heterocycles. The zero-order valence-corrected chi connectivity index (χ0v) is 46.3. The maximum absolute atomic E-state index is 12.9. The molecule has 3 fully saturated rings. The highest BCUT2D eigenvalue weighted by atomic mass is 28.4. The van der Waals surface area contributed by atoms with Crippen molar-refractivity contribution in [1.82, 2.24) is 0 Å². The van der Waals surface area contributed by atoms with Gasteiger partial charge in [-0.3, -0.25) is 4.79 Å². The average molecular weight is 976 g/mol. The molecular weight excluding hydrogens is 893 g/mol. The fourth-order valence-corrected chi connectivity index (χ4v) is 21.8. The highest BCUT2D eigenvalue weighted by Crippen LogP contribution is 2.59. The Hall–Kier alpha value is -4.64. The minimum Gasteiger partial charge on any atom is -0.462 e. The highest BCUT2D eigenvalue weighted by molar-refractivity contribution is 7.00. The molecule has 0 aromatic heterocycles. The first kappa shape index (κ1) is 53.2. The molecular formula is C63H82O5Si2. The van der Waals surface area contributed by atoms with Crippen molar-refractivity contribution in [2.75, 3.05) is 0 Å². The van der Waals surface area contributed by atoms with Crippen molar-refractivity contribution in [1.29, 1.82) is 0 Å². The zero-order chi connectivity index (χ0) is 50.7. The van der Waals surface area contributed by atoms with Gasteiger partial charge in [-0.1, -0.05) is 218 Å². The lowest BCUT2D eigenvalue weighted by Gasteiger charge is -2.49. The summed E-state index contributed by atoms with van der Waals surface area (Å²) in [7, 11) is -5.95. The second kappa shape index (κ2) is 21.2. The van der Waals surface area contributed by atoms with Crippen LogP contribution in [0.5, 0.6) is 0 Å². The van der Waals surface area contributed by atoms with Crippen LogP contribution in [-0.2, 0) is 18.4 Å². The molecule has 6 atom stereocenters. The Morgan fingerprint density at radius 1 is 0.729 bits per heavy atom. The van der Waals surface area contributed by atoms with Crippen LogP contribution in [0.3, 0.4) is 0 Å². The summed E-state index contributed by atoms with van der Waals surface area (Å²) in [6, 6.07) is 44.0. The van der Waals surface area contributed by atoms with Crippen LogP contribution in [-0.4, -0.2) is 52.1 Å². The topological polar surface area (TPSA) is 65.0 Å². The number of carbonyl (C=O) groups is 1. The van der Waals surface area contributed by atoms with Crippen LogP contribution in [0.15, 0.2) is 181 Å². The van der Waals surface area contributed by atoms with Crippen molar-refractivity contribution in [2.45, 2.75) is 156 Å². The quantitative estimate of drug-likeness (QED) is 0.0730. The number of fused-ring (bicyclic) bond motifs is 1. The van der Waals surface area contributed by atoms with Crippen molar-refractivity contribution in [3.8, 4) is 0 Å². The number of aliphatic hydroxyl groups excluding tert-OH is 1. The molecule has 0 heterocycles. The monoisotopic (exact) mass is 975 g/mol. The number of hydrogen-bond donors (Lipinski definition) is 1. The van der Waals surface area contributed by atoms with E-state index in [-0.39, 0.29) is 39.7 Å². The van der Waals surface area contributed by atoms with Gasteiger partial charge in [-0.05, 0) is 125 Å². The Morgan fingerprint density at radius 2 is 1.20 bits per heavy atom. The van der Waals surface area contributed by atoms with Crippen LogP contribution >= 0.6 is 0 Å². The molecule has 7 heteroatoms. The van der Waals surface area contributed by atoms with E-state index in [1.807, 2.05) is 19.9 Å². The van der Waals surface area contributed by atoms with Crippen molar-refractivity contribution < 1.29 is 23.5 Å². The third-order valence-corrected chi connectivity index (χ3v) is 26.4. The van der Waals surface area contributed by atoms with Gasteiger partial charge in [-0.15, -0.1) is 0 Å². The fraction of sp³-hybridized carbons (Fsp3) is 0.444. The smallest absolute Gasteiger partial charge is 0.314 e. The van der Waals surface area contributed by atoms with Gasteiger partial charge in [-0.25, -0.2) is 0 Å². The number of hydrogen-bond acceptors (Lipinski definition) is 5. The Balaban J connectivity index is 1.29. The Labute approximate surface area is 424 Å². The van der Waals surface area contributed by atoms with Gasteiger partial charge >= 0.3 is 5.97 Å². The van der Waals surface area contributed by atoms with Crippen LogP contribution in [0, 0.1) is 22.7 Å². The fourth-order valence-electron chi connectivity index (χ4n) is 12.4. The van der Waals surface area contributed by atoms with Gasteiger partial charge in [0.15, 0.2) is 0 Å². The molecule has 0 unspecified atom stereocenters. The van der Waals surface area contributed by atoms with Crippen LogP contribution in [0.1, 0.15) is 121 Å². The maximum Gasteiger partial charge on any atom is 0.314 e. The summed E-state index contributed by atoms with van der Waals surface area (Å²) >= 11 is 0. The van der Waals surface area contributed by atoms with Gasteiger partial charge in [0.2, 0.25) is 0 Å². The Bertz CT molecular complexity index is 2450. The molecule has 4 aromatic rings. The summed E-state index contributed by atoms with van der Waals surface area (Å²) in [5, 5.41) is 15.9. The summed E-state index contributed by atoms with van der Waals surface area (Å²) < 4.78 is 21.6. The molecule has 0 spiro atoms. The molecule has 7 rings (SSSR count). The second-order valence-corrected chi connectivity index (χ2v) is 32.2. The van der Waals surface area contributed by atoms with E-state index in [0.29, 0.717) is 12.3 Å². The van der Waals surface area contributed by atoms with Crippen LogP contribution in [0.25, 0.3) is 0 Å². The summed E-state index contributed by atoms with van der Waals surface area (Å²) in [6.45, 7) is 33.3. The minimum atomic E-state index is -3.00. The van der Waals surface area contributed by atoms with Crippen LogP contribution in [0.4, 0.5) is 0 Å². The summed E-state index contributed by atoms with van der Waals surface area (Å²) in [6.07, 6.45) is 13.7. The molecule has 70 heavy (non-hydrogen) atoms. The van der Waals surface area contributed by atoms with Crippen LogP contribution in [0.2, 0.25) is 10.1 Å². The Morgan fingerprint density at radius 3 is 1.66 bits per heavy atom. The maximum atomic E-state index is 12.9. The number of carbonyl (C=O) groups excluding carboxylic acids is 1. The summed E-state index contributed by atoms with van der Waals surface area (Å²) in [5.74, 6) is 0.263. The SMILES string of the molecule is C=C1/C(=C\C=C2/CCC[C@]3(C)[C@@H](C(=C)/C=C/[C@H](O)C(C)(C)C(=O)OC(C)C)CC[C@@H]23)C[C@@H](O[Si](c2ccccc2)(c2ccccc2)C(C)(C)C)C[C@@H]1O[Si](c1ccccc1)(c1ccccc1)C(C)(C)C. The van der Waals surface area contributed by atoms with Crippen molar-refractivity contribution in [3.05, 3.63) is 181 Å². The van der Waals surface area contributed by atoms with Crippen molar-refractivity contribution in [3.63, 3.8) is 0 Å². The van der Waals surface area contributed by atoms with E-state index in [0.717, 1.165) is 49.7 Å². The van der Waals surface area contributed by atoms with E-state index in [1.165, 1.54) is 31.9 Å². The molecule has 0 amide bonds. The predicted octanol–water partition coefficient (Wildman–Crippen LogP) is 12.7. The molecule has 3 aliphatic carbocycles. The summed E-state index contributed by atoms with van der Waals surface area (Å²) in [4.78, 5) is 12.9. The lowest BCUT2D eigenvalue weighted by atomic mass is 9.62. The van der Waals surface area contributed by atoms with E-state index in [1.54, 1.807) is 19.9 Å². The molecule has 0 saturated heterocycles. The lowest BCUT2D eigenvalue weighted by molar-refractivity contribution is -0.162. The van der Waals surface area contributed by atoms with Crippen molar-refractivity contribution in [2.24, 2.45) is 22.7 Å². The third kappa shape index (κ3) is 10.5. The number of esters is 1. The lowest BCUT2D eigenvalue weighted by Crippen LogP contribution is -2.69. The van der Waals surface area contributed by atoms with Gasteiger partial charge in [0, 0.05) is 6.42 Å². The molecule has 4 aromatic carbocycles. The van der Waals surface area contributed by atoms with Gasteiger partial charge < -0.3 is 18.7 Å². The normalized spacial score (nSPS) is 24.3. The second-order valence-electron chi connectivity index (χ2n) is 23.7. The first-order valence-electron chi connectivity index (χ1n) is 26.0. The van der Waals surface area contributed by atoms with Gasteiger partial charge in [0.05, 0.1) is 29.8 Å². The molecule has 5 nitrogen and oxygen atoms in total. The van der Waals surface area contributed by atoms with Gasteiger partial charge in [-0.2, -0.15) is 0 Å². The van der Waals surface area contributed by atoms with Crippen molar-refractivity contribution >= 4 is 43.4 Å². The number of rotatable bonds is 15. The molecule has 1 N–H and O–H groups in total. The first-order valence-corrected chi connectivity index (χ1v) is 29.8. The largest absolute Gasteiger partial charge is 0.462 e. The number of benzene rings is 4. The summed E-state index contributed by atoms with van der Waals surface area (Å²) in [5.41, 5.74) is 3.70. The predicted molar refractivity (Wildman–Crippen MR) is 297 cm³/mol. The number of ether oxygens (including phenoxy) is 1. The molecule has 0 bridgehead atoms. The molecule has 372 valence electrons. The van der Waals surface area contributed by atoms with E-state index in [2.05, 4.69) is 189 Å². The third-order valence-electron chi connectivity index (χ3n) is 16.2. The van der Waals surface area contributed by atoms with Gasteiger partial charge in [0.25, 0.3) is 16.6 Å². The molecule has 0 radical (unpaired) electrons. The number of allylic oxidation sites excluding steroid dienone is 5. The minimum absolute atomic E-state index is 0.0223. The zero-order valence-electron chi connectivity index (χ0n) is 44.3. The average Bonchev–Trinajstić information content (AvgIpc) is 3.69. The molecule has 3 saturated carbocycles. The Kier molecular flexibility index (Phi) is 16.1. The highest BCUT2D eigenvalue weighted by Gasteiger charge is 2.55. The van der Waals surface area contributed by atoms with E-state index < -0.39 is 34.1 Å². The molecule has 3 aliphatic rings. The number of aliphatic hydroxyl groups is 1. The first-order chi connectivity index (χ1) is 33.1. The van der Waals surface area contributed by atoms with E-state index >= 15 is 0 Å². The van der Waals surface area contributed by atoms with Crippen LogP contribution < -0.4 is 20.7 Å². The standard InChI is InChI=1S/C63H82O5Si2/c1-45(2)66-59(65)62(11,12)58(64)41-36-46(3)55-39-40-56-48(27-26-42-63(55,56)13)37-38-49-43-50(67-69(60(5,6)7,51-28-18-14-19-29-51)52-30-20-15-21-31-52)44-57(47(49)4)68-70(61(8,9)10,53-32-22-16-23-33-53)54-34-24-17-25-35-54/h14-25,28-38,41,45,50,55-58,64H,3-4,26-27,39-40,42-44H2,1-2,5-13H3/b41-36+,48-37+,49-38-/t50-,55-,56+,57+,58+,63-/m1/s1. The van der Waals surface area contributed by atoms with E-state index in [4.69, 9.17) is 20.2 Å². The van der Waals surface area contributed by atoms with Gasteiger partial charge in [0.1, 0.15) is 0 Å². The van der Waals surface area contributed by atoms with E-state index in [9.17, 15) is 9.90 Å².